The minimum Gasteiger partial charge on any atom is -0.264 e. The molecule has 0 unspecified atom stereocenters. The standard InChI is InChI=1S/C12H14ClNO2/c1-3-11(12(4-2)14(15)16)9-6-5-7-10(13)8-9/h3,5-8,11-12H,1,4H2,2H3/t11-,12-/m1/s1. The van der Waals surface area contributed by atoms with Gasteiger partial charge in [0, 0.05) is 16.4 Å². The molecule has 0 aliphatic rings. The van der Waals surface area contributed by atoms with Gasteiger partial charge >= 0.3 is 0 Å². The van der Waals surface area contributed by atoms with Crippen molar-refractivity contribution in [3.05, 3.63) is 57.6 Å². The van der Waals surface area contributed by atoms with Gasteiger partial charge in [-0.25, -0.2) is 0 Å². The highest BCUT2D eigenvalue weighted by Crippen LogP contribution is 2.26. The molecule has 0 aliphatic heterocycles. The number of nitro groups is 1. The van der Waals surface area contributed by atoms with E-state index in [9.17, 15) is 10.1 Å². The molecular weight excluding hydrogens is 226 g/mol. The number of hydrogen-bond acceptors (Lipinski definition) is 2. The molecule has 0 N–H and O–H groups in total. The summed E-state index contributed by atoms with van der Waals surface area (Å²) in [6, 6.07) is 6.49. The Morgan fingerprint density at radius 1 is 1.62 bits per heavy atom. The van der Waals surface area contributed by atoms with Crippen molar-refractivity contribution >= 4 is 11.6 Å². The van der Waals surface area contributed by atoms with Crippen LogP contribution in [-0.4, -0.2) is 11.0 Å². The summed E-state index contributed by atoms with van der Waals surface area (Å²) in [5.74, 6) is -0.293. The Bertz CT molecular complexity index is 392. The van der Waals surface area contributed by atoms with Gasteiger partial charge in [-0.2, -0.15) is 0 Å². The van der Waals surface area contributed by atoms with Crippen molar-refractivity contribution in [2.24, 2.45) is 0 Å². The Labute approximate surface area is 99.9 Å². The summed E-state index contributed by atoms with van der Waals surface area (Å²) in [6.07, 6.45) is 2.08. The third-order valence-corrected chi connectivity index (χ3v) is 2.83. The van der Waals surface area contributed by atoms with Crippen LogP contribution >= 0.6 is 11.6 Å². The molecule has 0 heterocycles. The Morgan fingerprint density at radius 3 is 2.75 bits per heavy atom. The predicted molar refractivity (Wildman–Crippen MR) is 65.5 cm³/mol. The van der Waals surface area contributed by atoms with Gasteiger partial charge < -0.3 is 0 Å². The molecular formula is C12H14ClNO2. The number of benzene rings is 1. The topological polar surface area (TPSA) is 43.1 Å². The zero-order chi connectivity index (χ0) is 12.1. The molecule has 2 atom stereocenters. The highest BCUT2D eigenvalue weighted by atomic mass is 35.5. The number of halogens is 1. The Morgan fingerprint density at radius 2 is 2.31 bits per heavy atom. The van der Waals surface area contributed by atoms with Gasteiger partial charge in [0.2, 0.25) is 6.04 Å². The van der Waals surface area contributed by atoms with Crippen LogP contribution in [-0.2, 0) is 0 Å². The molecule has 0 saturated heterocycles. The molecule has 0 radical (unpaired) electrons. The number of rotatable bonds is 5. The van der Waals surface area contributed by atoms with Crippen LogP contribution < -0.4 is 0 Å². The van der Waals surface area contributed by atoms with Crippen molar-refractivity contribution in [3.8, 4) is 0 Å². The molecule has 1 aromatic rings. The normalized spacial score (nSPS) is 14.1. The molecule has 1 rings (SSSR count). The maximum atomic E-state index is 10.9. The van der Waals surface area contributed by atoms with E-state index in [0.717, 1.165) is 5.56 Å². The van der Waals surface area contributed by atoms with Crippen LogP contribution in [0.2, 0.25) is 5.02 Å². The van der Waals surface area contributed by atoms with Crippen LogP contribution in [0.4, 0.5) is 0 Å². The molecule has 0 bridgehead atoms. The lowest BCUT2D eigenvalue weighted by Crippen LogP contribution is -2.25. The first-order chi connectivity index (χ1) is 7.60. The Kier molecular flexibility index (Phi) is 4.50. The SMILES string of the molecule is C=C[C@H](c1cccc(Cl)c1)[C@@H](CC)[N+](=O)[O-]. The summed E-state index contributed by atoms with van der Waals surface area (Å²) in [5.41, 5.74) is 0.839. The highest BCUT2D eigenvalue weighted by Gasteiger charge is 2.28. The van der Waals surface area contributed by atoms with Crippen molar-refractivity contribution in [2.45, 2.75) is 25.3 Å². The zero-order valence-electron chi connectivity index (χ0n) is 9.10. The van der Waals surface area contributed by atoms with E-state index in [2.05, 4.69) is 6.58 Å². The average molecular weight is 240 g/mol. The monoisotopic (exact) mass is 239 g/mol. The second kappa shape index (κ2) is 5.66. The summed E-state index contributed by atoms with van der Waals surface area (Å²) >= 11 is 5.87. The Hall–Kier alpha value is -1.35. The maximum Gasteiger partial charge on any atom is 0.223 e. The fourth-order valence-electron chi connectivity index (χ4n) is 1.76. The highest BCUT2D eigenvalue weighted by molar-refractivity contribution is 6.30. The quantitative estimate of drug-likeness (QED) is 0.447. The first-order valence-electron chi connectivity index (χ1n) is 5.11. The van der Waals surface area contributed by atoms with Crippen molar-refractivity contribution in [1.82, 2.24) is 0 Å². The zero-order valence-corrected chi connectivity index (χ0v) is 9.85. The van der Waals surface area contributed by atoms with Gasteiger partial charge in [0.25, 0.3) is 0 Å². The number of hydrogen-bond donors (Lipinski definition) is 0. The molecule has 0 aromatic heterocycles. The molecule has 0 saturated carbocycles. The second-order valence-corrected chi connectivity index (χ2v) is 4.01. The minimum atomic E-state index is -0.643. The Balaban J connectivity index is 3.06. The molecule has 0 fully saturated rings. The molecule has 0 aliphatic carbocycles. The van der Waals surface area contributed by atoms with Crippen LogP contribution in [0.15, 0.2) is 36.9 Å². The van der Waals surface area contributed by atoms with Gasteiger partial charge in [0.1, 0.15) is 0 Å². The van der Waals surface area contributed by atoms with E-state index in [4.69, 9.17) is 11.6 Å². The van der Waals surface area contributed by atoms with Crippen LogP contribution in [0, 0.1) is 10.1 Å². The van der Waals surface area contributed by atoms with E-state index in [1.165, 1.54) is 0 Å². The van der Waals surface area contributed by atoms with E-state index in [1.54, 1.807) is 31.2 Å². The van der Waals surface area contributed by atoms with E-state index < -0.39 is 6.04 Å². The minimum absolute atomic E-state index is 0.257. The lowest BCUT2D eigenvalue weighted by atomic mass is 9.90. The van der Waals surface area contributed by atoms with E-state index in [1.807, 2.05) is 6.07 Å². The summed E-state index contributed by atoms with van der Waals surface area (Å²) in [7, 11) is 0. The van der Waals surface area contributed by atoms with Gasteiger partial charge in [0.15, 0.2) is 0 Å². The third-order valence-electron chi connectivity index (χ3n) is 2.59. The fraction of sp³-hybridized carbons (Fsp3) is 0.333. The average Bonchev–Trinajstić information content (AvgIpc) is 2.25. The van der Waals surface area contributed by atoms with Crippen molar-refractivity contribution in [1.29, 1.82) is 0 Å². The van der Waals surface area contributed by atoms with Crippen molar-refractivity contribution in [2.75, 3.05) is 0 Å². The van der Waals surface area contributed by atoms with Crippen LogP contribution in [0.25, 0.3) is 0 Å². The molecule has 0 amide bonds. The first kappa shape index (κ1) is 12.7. The fourth-order valence-corrected chi connectivity index (χ4v) is 1.96. The van der Waals surface area contributed by atoms with Gasteiger partial charge in [-0.15, -0.1) is 6.58 Å². The van der Waals surface area contributed by atoms with Gasteiger partial charge in [0.05, 0.1) is 5.92 Å². The molecule has 0 spiro atoms. The molecule has 4 heteroatoms. The van der Waals surface area contributed by atoms with Gasteiger partial charge in [-0.05, 0) is 17.7 Å². The lowest BCUT2D eigenvalue weighted by Gasteiger charge is -2.16. The van der Waals surface area contributed by atoms with Gasteiger partial charge in [-0.1, -0.05) is 36.7 Å². The number of nitrogens with zero attached hydrogens (tertiary/aromatic N) is 1. The van der Waals surface area contributed by atoms with Crippen molar-refractivity contribution < 1.29 is 4.92 Å². The lowest BCUT2D eigenvalue weighted by molar-refractivity contribution is -0.525. The molecule has 1 aromatic carbocycles. The summed E-state index contributed by atoms with van der Waals surface area (Å²) in [5, 5.41) is 11.5. The largest absolute Gasteiger partial charge is 0.264 e. The van der Waals surface area contributed by atoms with Crippen LogP contribution in [0.5, 0.6) is 0 Å². The molecule has 16 heavy (non-hydrogen) atoms. The van der Waals surface area contributed by atoms with E-state index in [-0.39, 0.29) is 10.8 Å². The summed E-state index contributed by atoms with van der Waals surface area (Å²) < 4.78 is 0. The third kappa shape index (κ3) is 2.83. The van der Waals surface area contributed by atoms with Crippen molar-refractivity contribution in [3.63, 3.8) is 0 Å². The van der Waals surface area contributed by atoms with Crippen LogP contribution in [0.1, 0.15) is 24.8 Å². The predicted octanol–water partition coefficient (Wildman–Crippen LogP) is 3.66. The van der Waals surface area contributed by atoms with Gasteiger partial charge in [-0.3, -0.25) is 10.1 Å². The van der Waals surface area contributed by atoms with E-state index >= 15 is 0 Å². The maximum absolute atomic E-state index is 10.9. The van der Waals surface area contributed by atoms with E-state index in [0.29, 0.717) is 11.4 Å². The summed E-state index contributed by atoms with van der Waals surface area (Å²) in [6.45, 7) is 5.47. The van der Waals surface area contributed by atoms with Crippen LogP contribution in [0.3, 0.4) is 0 Å². The first-order valence-corrected chi connectivity index (χ1v) is 5.49. The smallest absolute Gasteiger partial charge is 0.223 e. The second-order valence-electron chi connectivity index (χ2n) is 3.58. The molecule has 3 nitrogen and oxygen atoms in total. The summed E-state index contributed by atoms with van der Waals surface area (Å²) in [4.78, 5) is 10.7. The molecule has 86 valence electrons.